The molecule has 18 heteroatoms. The highest BCUT2D eigenvalue weighted by molar-refractivity contribution is 6.17. The number of likely N-dealkylation sites (N-methyl/N-ethyl adjacent to an activating group) is 1. The molecule has 1 aromatic heterocycles. The van der Waals surface area contributed by atoms with Gasteiger partial charge in [0.1, 0.15) is 25.5 Å². The number of carbonyl (C=O) groups excluding carboxylic acids is 5. The molecule has 1 aliphatic rings. The zero-order valence-electron chi connectivity index (χ0n) is 41.6. The molecule has 4 N–H and O–H groups in total. The van der Waals surface area contributed by atoms with E-state index >= 15 is 0 Å². The van der Waals surface area contributed by atoms with E-state index in [1.165, 1.54) is 0 Å². The highest BCUT2D eigenvalue weighted by Gasteiger charge is 2.29. The summed E-state index contributed by atoms with van der Waals surface area (Å²) in [5.74, 6) is 0.358. The van der Waals surface area contributed by atoms with E-state index in [2.05, 4.69) is 34.3 Å². The third-order valence-corrected chi connectivity index (χ3v) is 12.3. The van der Waals surface area contributed by atoms with E-state index in [0.717, 1.165) is 79.9 Å². The molecular formula is C52H79ClN6O11. The number of nitrogens with one attached hydrogen (secondary N) is 4. The Balaban J connectivity index is 0.947. The second-order valence-corrected chi connectivity index (χ2v) is 17.6. The molecule has 0 bridgehead atoms. The molecule has 0 unspecified atom stereocenters. The minimum Gasteiger partial charge on any atom is -0.447 e. The van der Waals surface area contributed by atoms with Crippen molar-refractivity contribution in [2.24, 2.45) is 5.92 Å². The van der Waals surface area contributed by atoms with E-state index in [0.29, 0.717) is 103 Å². The van der Waals surface area contributed by atoms with E-state index in [9.17, 15) is 24.0 Å². The molecule has 1 saturated carbocycles. The van der Waals surface area contributed by atoms with Gasteiger partial charge in [0, 0.05) is 67.2 Å². The molecular weight excluding hydrogens is 920 g/mol. The van der Waals surface area contributed by atoms with E-state index in [4.69, 9.17) is 40.0 Å². The second-order valence-electron chi connectivity index (χ2n) is 17.2. The Kier molecular flexibility index (Phi) is 29.0. The lowest BCUT2D eigenvalue weighted by Crippen LogP contribution is -2.42. The first-order chi connectivity index (χ1) is 34.2. The van der Waals surface area contributed by atoms with Gasteiger partial charge in [-0.1, -0.05) is 62.9 Å². The molecule has 70 heavy (non-hydrogen) atoms. The Morgan fingerprint density at radius 1 is 0.629 bits per heavy atom. The molecule has 1 aliphatic carbocycles. The molecule has 17 nitrogen and oxygen atoms in total. The lowest BCUT2D eigenvalue weighted by Gasteiger charge is -2.28. The first kappa shape index (κ1) is 57.6. The van der Waals surface area contributed by atoms with Crippen molar-refractivity contribution < 1.29 is 52.4 Å². The van der Waals surface area contributed by atoms with Crippen molar-refractivity contribution >= 4 is 58.1 Å². The summed E-state index contributed by atoms with van der Waals surface area (Å²) in [5, 5.41) is 12.5. The summed E-state index contributed by atoms with van der Waals surface area (Å²) in [7, 11) is 0. The number of aromatic nitrogens is 1. The molecule has 1 heterocycles. The fourth-order valence-corrected chi connectivity index (χ4v) is 8.34. The number of ether oxygens (including phenoxy) is 6. The van der Waals surface area contributed by atoms with Crippen LogP contribution in [-0.2, 0) is 51.0 Å². The smallest absolute Gasteiger partial charge is 0.407 e. The maximum atomic E-state index is 13.8. The molecule has 0 radical (unpaired) electrons. The fraction of sp³-hybridized carbons (Fsp3) is 0.635. The Morgan fingerprint density at radius 3 is 1.90 bits per heavy atom. The van der Waals surface area contributed by atoms with Crippen molar-refractivity contribution in [2.75, 3.05) is 103 Å². The largest absolute Gasteiger partial charge is 0.447 e. The first-order valence-corrected chi connectivity index (χ1v) is 26.0. The molecule has 390 valence electrons. The number of aryl methyl sites for hydroxylation is 1. The Morgan fingerprint density at radius 2 is 1.23 bits per heavy atom. The standard InChI is InChI=1S/C52H79ClN6O11/c1-3-41-16-15-18-45(38-41)58(4-2)48(60)40-59-46-19-10-9-17-43(46)39-47(59)50(62)57-44-22-20-42(21-23-44)49(61)54-25-12-6-7-13-26-55-51(63)69-36-34-67-32-33-68-35-37-70-52(64)56-27-29-66-31-30-65-28-14-8-5-11-24-53/h9-10,15-19,38-39,42,44H,3-8,11-14,20-37,40H2,1-2H3,(H,54,61)(H,55,63)(H,56,64)(H,57,62)/t42-,44-. The molecule has 4 rings (SSSR count). The van der Waals surface area contributed by atoms with Crippen LogP contribution in [0.2, 0.25) is 0 Å². The maximum Gasteiger partial charge on any atom is 0.407 e. The van der Waals surface area contributed by atoms with Crippen LogP contribution in [0.25, 0.3) is 10.9 Å². The van der Waals surface area contributed by atoms with Gasteiger partial charge >= 0.3 is 12.2 Å². The topological polar surface area (TPSA) is 197 Å². The Bertz CT molecular complexity index is 1980. The molecule has 5 amide bonds. The van der Waals surface area contributed by atoms with Crippen LogP contribution in [0, 0.1) is 5.92 Å². The van der Waals surface area contributed by atoms with Gasteiger partial charge in [0.2, 0.25) is 11.8 Å². The monoisotopic (exact) mass is 999 g/mol. The zero-order valence-corrected chi connectivity index (χ0v) is 42.4. The minimum atomic E-state index is -0.538. The molecule has 2 aromatic carbocycles. The van der Waals surface area contributed by atoms with Crippen molar-refractivity contribution in [3.8, 4) is 0 Å². The molecule has 0 saturated heterocycles. The number of fused-ring (bicyclic) bond motifs is 1. The summed E-state index contributed by atoms with van der Waals surface area (Å²) < 4.78 is 33.8. The number of halogens is 1. The average Bonchev–Trinajstić information content (AvgIpc) is 3.74. The van der Waals surface area contributed by atoms with Gasteiger partial charge in [0.05, 0.1) is 46.2 Å². The zero-order chi connectivity index (χ0) is 50.0. The van der Waals surface area contributed by atoms with E-state index in [1.807, 2.05) is 60.0 Å². The number of amides is 5. The maximum absolute atomic E-state index is 13.8. The number of anilines is 1. The number of hydrogen-bond acceptors (Lipinski definition) is 11. The number of unbranched alkanes of at least 4 members (excludes halogenated alkanes) is 6. The van der Waals surface area contributed by atoms with Crippen LogP contribution < -0.4 is 26.2 Å². The van der Waals surface area contributed by atoms with Gasteiger partial charge in [-0.15, -0.1) is 11.6 Å². The number of benzene rings is 2. The predicted octanol–water partition coefficient (Wildman–Crippen LogP) is 7.54. The summed E-state index contributed by atoms with van der Waals surface area (Å²) in [5.41, 5.74) is 3.28. The van der Waals surface area contributed by atoms with Gasteiger partial charge in [-0.2, -0.15) is 0 Å². The lowest BCUT2D eigenvalue weighted by molar-refractivity contribution is -0.126. The number of para-hydroxylation sites is 1. The number of rotatable bonds is 36. The van der Waals surface area contributed by atoms with Gasteiger partial charge in [0.15, 0.2) is 0 Å². The summed E-state index contributed by atoms with van der Waals surface area (Å²) in [4.78, 5) is 66.0. The van der Waals surface area contributed by atoms with Gasteiger partial charge in [-0.3, -0.25) is 14.4 Å². The second kappa shape index (κ2) is 35.2. The van der Waals surface area contributed by atoms with Crippen molar-refractivity contribution in [3.63, 3.8) is 0 Å². The van der Waals surface area contributed by atoms with Crippen LogP contribution >= 0.6 is 11.6 Å². The summed E-state index contributed by atoms with van der Waals surface area (Å²) >= 11 is 5.66. The van der Waals surface area contributed by atoms with Crippen molar-refractivity contribution in [2.45, 2.75) is 110 Å². The number of carbonyl (C=O) groups is 5. The van der Waals surface area contributed by atoms with Gasteiger partial charge in [-0.25, -0.2) is 9.59 Å². The third-order valence-electron chi connectivity index (χ3n) is 12.0. The quantitative estimate of drug-likeness (QED) is 0.0332. The fourth-order valence-electron chi connectivity index (χ4n) is 8.16. The number of hydrogen-bond donors (Lipinski definition) is 4. The number of nitrogens with zero attached hydrogens (tertiary/aromatic N) is 2. The van der Waals surface area contributed by atoms with Crippen molar-refractivity contribution in [1.29, 1.82) is 0 Å². The van der Waals surface area contributed by atoms with Gasteiger partial charge in [0.25, 0.3) is 5.91 Å². The number of alkyl halides is 1. The Labute approximate surface area is 419 Å². The molecule has 3 aromatic rings. The molecule has 1 fully saturated rings. The molecule has 0 atom stereocenters. The van der Waals surface area contributed by atoms with Crippen LogP contribution in [0.1, 0.15) is 107 Å². The van der Waals surface area contributed by atoms with E-state index in [1.54, 1.807) is 4.90 Å². The van der Waals surface area contributed by atoms with Crippen molar-refractivity contribution in [3.05, 3.63) is 65.9 Å². The first-order valence-electron chi connectivity index (χ1n) is 25.5. The van der Waals surface area contributed by atoms with Crippen molar-refractivity contribution in [1.82, 2.24) is 25.8 Å². The number of alkyl carbamates (subject to hydrolysis) is 2. The SMILES string of the molecule is CCc1cccc(N(CC)C(=O)Cn2c(C(=O)N[C@H]3CC[C@H](C(=O)NCCCCCCNC(=O)OCCOCCOCCOC(=O)NCCOCCOCCCCCCCl)CC3)cc3ccccc32)c1. The van der Waals surface area contributed by atoms with E-state index < -0.39 is 12.2 Å². The van der Waals surface area contributed by atoms with Gasteiger partial charge in [-0.05, 0) is 94.5 Å². The predicted molar refractivity (Wildman–Crippen MR) is 272 cm³/mol. The normalized spacial score (nSPS) is 14.5. The van der Waals surface area contributed by atoms with Crippen LogP contribution in [0.3, 0.4) is 0 Å². The highest BCUT2D eigenvalue weighted by Crippen LogP contribution is 2.26. The lowest BCUT2D eigenvalue weighted by atomic mass is 9.85. The minimum absolute atomic E-state index is 0.0339. The van der Waals surface area contributed by atoms with Crippen LogP contribution in [-0.4, -0.2) is 139 Å². The molecule has 0 spiro atoms. The average molecular weight is 1000 g/mol. The van der Waals surface area contributed by atoms with E-state index in [-0.39, 0.29) is 62.7 Å². The molecule has 0 aliphatic heterocycles. The highest BCUT2D eigenvalue weighted by atomic mass is 35.5. The summed E-state index contributed by atoms with van der Waals surface area (Å²) in [6.07, 6.45) is 10.4. The van der Waals surface area contributed by atoms with Crippen LogP contribution in [0.4, 0.5) is 15.3 Å². The Hall–Kier alpha value is -4.94. The third kappa shape index (κ3) is 22.4. The summed E-state index contributed by atoms with van der Waals surface area (Å²) in [6, 6.07) is 17.5. The van der Waals surface area contributed by atoms with Gasteiger partial charge < -0.3 is 59.2 Å². The summed E-state index contributed by atoms with van der Waals surface area (Å²) in [6.45, 7) is 9.38. The van der Waals surface area contributed by atoms with Crippen LogP contribution in [0.15, 0.2) is 54.6 Å². The van der Waals surface area contributed by atoms with Crippen LogP contribution in [0.5, 0.6) is 0 Å².